The fraction of sp³-hybridized carbons (Fsp3) is 0. The van der Waals surface area contributed by atoms with Gasteiger partial charge in [0.25, 0.3) is 5.91 Å². The van der Waals surface area contributed by atoms with Gasteiger partial charge in [-0.1, -0.05) is 41.9 Å². The number of nitrogens with one attached hydrogen (secondary N) is 1. The average molecular weight is 409 g/mol. The molecule has 2 aromatic rings. The van der Waals surface area contributed by atoms with Gasteiger partial charge in [0.05, 0.1) is 10.7 Å². The van der Waals surface area contributed by atoms with Gasteiger partial charge in [-0.25, -0.2) is 0 Å². The number of halogens is 2. The third-order valence-electron chi connectivity index (χ3n) is 2.69. The molecule has 0 bridgehead atoms. The molecule has 3 nitrogen and oxygen atoms in total. The van der Waals surface area contributed by atoms with Gasteiger partial charge in [0, 0.05) is 3.57 Å². The van der Waals surface area contributed by atoms with Crippen molar-refractivity contribution in [3.8, 4) is 6.07 Å². The molecule has 1 amide bonds. The van der Waals surface area contributed by atoms with Crippen molar-refractivity contribution in [3.63, 3.8) is 0 Å². The van der Waals surface area contributed by atoms with Crippen LogP contribution in [0.1, 0.15) is 5.56 Å². The van der Waals surface area contributed by atoms with Crippen molar-refractivity contribution in [2.45, 2.75) is 0 Å². The summed E-state index contributed by atoms with van der Waals surface area (Å²) in [5.74, 6) is -0.481. The predicted molar refractivity (Wildman–Crippen MR) is 92.8 cm³/mol. The summed E-state index contributed by atoms with van der Waals surface area (Å²) in [4.78, 5) is 12.1. The molecule has 2 rings (SSSR count). The quantitative estimate of drug-likeness (QED) is 0.462. The summed E-state index contributed by atoms with van der Waals surface area (Å²) in [6.45, 7) is 0. The van der Waals surface area contributed by atoms with E-state index in [9.17, 15) is 10.1 Å². The molecule has 21 heavy (non-hydrogen) atoms. The molecule has 0 unspecified atom stereocenters. The minimum atomic E-state index is -0.481. The van der Waals surface area contributed by atoms with Gasteiger partial charge in [-0.05, 0) is 52.4 Å². The summed E-state index contributed by atoms with van der Waals surface area (Å²) in [6, 6.07) is 16.3. The van der Waals surface area contributed by atoms with Crippen molar-refractivity contribution >= 4 is 51.9 Å². The van der Waals surface area contributed by atoms with Crippen LogP contribution in [0.3, 0.4) is 0 Å². The van der Waals surface area contributed by atoms with Crippen molar-refractivity contribution in [1.29, 1.82) is 5.26 Å². The van der Waals surface area contributed by atoms with Crippen molar-refractivity contribution in [3.05, 3.63) is 68.3 Å². The van der Waals surface area contributed by atoms with Gasteiger partial charge in [0.15, 0.2) is 0 Å². The van der Waals surface area contributed by atoms with E-state index in [1.54, 1.807) is 30.3 Å². The Bertz CT molecular complexity index is 750. The monoisotopic (exact) mass is 408 g/mol. The highest BCUT2D eigenvalue weighted by Gasteiger charge is 2.11. The van der Waals surface area contributed by atoms with Gasteiger partial charge in [-0.2, -0.15) is 5.26 Å². The summed E-state index contributed by atoms with van der Waals surface area (Å²) in [6.07, 6.45) is 1.56. The van der Waals surface area contributed by atoms with Crippen LogP contribution in [0.2, 0.25) is 5.02 Å². The summed E-state index contributed by atoms with van der Waals surface area (Å²) >= 11 is 8.14. The van der Waals surface area contributed by atoms with Crippen molar-refractivity contribution < 1.29 is 4.79 Å². The van der Waals surface area contributed by atoms with E-state index < -0.39 is 5.91 Å². The molecule has 0 radical (unpaired) electrons. The molecule has 0 spiro atoms. The molecule has 0 heterocycles. The smallest absolute Gasteiger partial charge is 0.266 e. The first-order valence-corrected chi connectivity index (χ1v) is 7.49. The Morgan fingerprint density at radius 2 is 1.86 bits per heavy atom. The molecule has 0 aliphatic heterocycles. The lowest BCUT2D eigenvalue weighted by Gasteiger charge is -2.06. The Morgan fingerprint density at radius 3 is 2.52 bits per heavy atom. The normalized spacial score (nSPS) is 10.8. The lowest BCUT2D eigenvalue weighted by atomic mass is 10.1. The SMILES string of the molecule is N#C/C(=C/c1ccccc1I)C(=O)Nc1ccccc1Cl. The molecule has 0 saturated heterocycles. The van der Waals surface area contributed by atoms with E-state index in [1.165, 1.54) is 0 Å². The fourth-order valence-corrected chi connectivity index (χ4v) is 2.37. The lowest BCUT2D eigenvalue weighted by Crippen LogP contribution is -2.13. The number of nitrogens with zero attached hydrogens (tertiary/aromatic N) is 1. The molecule has 0 aromatic heterocycles. The second-order valence-electron chi connectivity index (χ2n) is 4.13. The van der Waals surface area contributed by atoms with Gasteiger partial charge < -0.3 is 5.32 Å². The molecule has 0 atom stereocenters. The first-order chi connectivity index (χ1) is 10.1. The van der Waals surface area contributed by atoms with Crippen molar-refractivity contribution in [2.75, 3.05) is 5.32 Å². The van der Waals surface area contributed by atoms with Gasteiger partial charge in [0.2, 0.25) is 0 Å². The first-order valence-electron chi connectivity index (χ1n) is 6.04. The Balaban J connectivity index is 2.26. The highest BCUT2D eigenvalue weighted by atomic mass is 127. The standard InChI is InChI=1S/C16H10ClIN2O/c17-13-6-2-4-8-15(13)20-16(21)12(10-19)9-11-5-1-3-7-14(11)18/h1-9H,(H,20,21)/b12-9-. The number of para-hydroxylation sites is 1. The van der Waals surface area contributed by atoms with E-state index in [-0.39, 0.29) is 5.57 Å². The van der Waals surface area contributed by atoms with E-state index in [1.807, 2.05) is 30.3 Å². The zero-order valence-electron chi connectivity index (χ0n) is 10.8. The van der Waals surface area contributed by atoms with E-state index in [2.05, 4.69) is 27.9 Å². The number of carbonyl (C=O) groups is 1. The minimum Gasteiger partial charge on any atom is -0.320 e. The molecule has 2 aromatic carbocycles. The van der Waals surface area contributed by atoms with Gasteiger partial charge in [-0.15, -0.1) is 0 Å². The Labute approximate surface area is 141 Å². The highest BCUT2D eigenvalue weighted by molar-refractivity contribution is 14.1. The second-order valence-corrected chi connectivity index (χ2v) is 5.69. The van der Waals surface area contributed by atoms with Crippen LogP contribution in [0.25, 0.3) is 6.08 Å². The maximum absolute atomic E-state index is 12.1. The zero-order chi connectivity index (χ0) is 15.2. The number of benzene rings is 2. The summed E-state index contributed by atoms with van der Waals surface area (Å²) < 4.78 is 0.966. The number of hydrogen-bond acceptors (Lipinski definition) is 2. The predicted octanol–water partition coefficient (Wildman–Crippen LogP) is 4.49. The molecule has 0 aliphatic rings. The molecular formula is C16H10ClIN2O. The van der Waals surface area contributed by atoms with E-state index >= 15 is 0 Å². The maximum atomic E-state index is 12.1. The average Bonchev–Trinajstić information content (AvgIpc) is 2.48. The summed E-state index contributed by atoms with van der Waals surface area (Å²) in [5, 5.41) is 12.2. The fourth-order valence-electron chi connectivity index (χ4n) is 1.65. The van der Waals surface area contributed by atoms with Crippen LogP contribution in [-0.2, 0) is 4.79 Å². The van der Waals surface area contributed by atoms with E-state index in [0.29, 0.717) is 10.7 Å². The van der Waals surface area contributed by atoms with Crippen molar-refractivity contribution in [1.82, 2.24) is 0 Å². The van der Waals surface area contributed by atoms with Gasteiger partial charge in [0.1, 0.15) is 11.6 Å². The Kier molecular flexibility index (Phi) is 5.37. The first kappa shape index (κ1) is 15.5. The minimum absolute atomic E-state index is 0.0269. The number of amides is 1. The van der Waals surface area contributed by atoms with Crippen LogP contribution < -0.4 is 5.32 Å². The van der Waals surface area contributed by atoms with Crippen LogP contribution in [-0.4, -0.2) is 5.91 Å². The van der Waals surface area contributed by atoms with Crippen LogP contribution in [0.4, 0.5) is 5.69 Å². The maximum Gasteiger partial charge on any atom is 0.266 e. The number of hydrogen-bond donors (Lipinski definition) is 1. The number of carbonyl (C=O) groups excluding carboxylic acids is 1. The van der Waals surface area contributed by atoms with Crippen molar-refractivity contribution in [2.24, 2.45) is 0 Å². The van der Waals surface area contributed by atoms with Crippen LogP contribution in [0, 0.1) is 14.9 Å². The third kappa shape index (κ3) is 4.06. The zero-order valence-corrected chi connectivity index (χ0v) is 13.7. The van der Waals surface area contributed by atoms with Crippen LogP contribution >= 0.6 is 34.2 Å². The van der Waals surface area contributed by atoms with Gasteiger partial charge >= 0.3 is 0 Å². The molecule has 5 heteroatoms. The molecule has 0 fully saturated rings. The van der Waals surface area contributed by atoms with E-state index in [0.717, 1.165) is 9.13 Å². The van der Waals surface area contributed by atoms with Gasteiger partial charge in [-0.3, -0.25) is 4.79 Å². The molecule has 0 aliphatic carbocycles. The molecular weight excluding hydrogens is 399 g/mol. The second kappa shape index (κ2) is 7.25. The van der Waals surface area contributed by atoms with Crippen LogP contribution in [0.5, 0.6) is 0 Å². The summed E-state index contributed by atoms with van der Waals surface area (Å²) in [5.41, 5.74) is 1.33. The van der Waals surface area contributed by atoms with E-state index in [4.69, 9.17) is 11.6 Å². The van der Waals surface area contributed by atoms with Crippen LogP contribution in [0.15, 0.2) is 54.1 Å². The molecule has 0 saturated carbocycles. The Morgan fingerprint density at radius 1 is 1.19 bits per heavy atom. The summed E-state index contributed by atoms with van der Waals surface area (Å²) in [7, 11) is 0. The molecule has 1 N–H and O–H groups in total. The number of anilines is 1. The molecule has 104 valence electrons. The lowest BCUT2D eigenvalue weighted by molar-refractivity contribution is -0.112. The number of nitriles is 1. The Hall–Kier alpha value is -1.84. The number of rotatable bonds is 3. The largest absolute Gasteiger partial charge is 0.320 e. The topological polar surface area (TPSA) is 52.9 Å². The highest BCUT2D eigenvalue weighted by Crippen LogP contribution is 2.21. The third-order valence-corrected chi connectivity index (χ3v) is 4.00.